The molecule has 4 rings (SSSR count). The number of rotatable bonds is 13. The highest BCUT2D eigenvalue weighted by Gasteiger charge is 2.27. The van der Waals surface area contributed by atoms with E-state index in [1.165, 1.54) is 41.1 Å². The predicted molar refractivity (Wildman–Crippen MR) is 197 cm³/mol. The summed E-state index contributed by atoms with van der Waals surface area (Å²) in [5.41, 5.74) is 3.30. The van der Waals surface area contributed by atoms with Crippen molar-refractivity contribution in [1.82, 2.24) is 9.78 Å². The molecule has 1 heterocycles. The third-order valence-electron chi connectivity index (χ3n) is 8.94. The van der Waals surface area contributed by atoms with Crippen LogP contribution in [0.2, 0.25) is 15.1 Å². The maximum atomic E-state index is 12.9. The van der Waals surface area contributed by atoms with Crippen LogP contribution in [-0.2, 0) is 20.4 Å². The molecule has 0 radical (unpaired) electrons. The zero-order valence-electron chi connectivity index (χ0n) is 28.5. The summed E-state index contributed by atoms with van der Waals surface area (Å²) in [7, 11) is 0. The van der Waals surface area contributed by atoms with Gasteiger partial charge in [0, 0.05) is 35.7 Å². The van der Waals surface area contributed by atoms with Gasteiger partial charge in [-0.05, 0) is 78.1 Å². The minimum atomic E-state index is -0.474. The Morgan fingerprint density at radius 2 is 1.52 bits per heavy atom. The summed E-state index contributed by atoms with van der Waals surface area (Å²) < 4.78 is 7.38. The second-order valence-electron chi connectivity index (χ2n) is 13.1. The van der Waals surface area contributed by atoms with Crippen LogP contribution in [0.3, 0.4) is 0 Å². The van der Waals surface area contributed by atoms with Crippen molar-refractivity contribution in [2.24, 2.45) is 0 Å². The first-order valence-corrected chi connectivity index (χ1v) is 17.2. The maximum absolute atomic E-state index is 12.9. The number of hydrogen-bond donors (Lipinski definition) is 2. The van der Waals surface area contributed by atoms with Crippen LogP contribution in [0.4, 0.5) is 17.2 Å². The molecule has 0 saturated heterocycles. The Labute approximate surface area is 297 Å². The lowest BCUT2D eigenvalue weighted by Gasteiger charge is -2.30. The minimum Gasteiger partial charge on any atom is -0.493 e. The van der Waals surface area contributed by atoms with Gasteiger partial charge >= 0.3 is 0 Å². The van der Waals surface area contributed by atoms with Gasteiger partial charge in [0.05, 0.1) is 22.3 Å². The Bertz CT molecular complexity index is 1820. The van der Waals surface area contributed by atoms with Gasteiger partial charge in [-0.25, -0.2) is 4.68 Å². The highest BCUT2D eigenvalue weighted by atomic mass is 35.5. The van der Waals surface area contributed by atoms with Crippen LogP contribution in [0, 0.1) is 0 Å². The molecule has 3 aromatic carbocycles. The summed E-state index contributed by atoms with van der Waals surface area (Å²) in [6.45, 7) is 15.2. The number of aromatic nitrogens is 2. The first kappa shape index (κ1) is 37.1. The molecule has 0 atom stereocenters. The molecule has 0 spiro atoms. The van der Waals surface area contributed by atoms with Crippen molar-refractivity contribution in [1.29, 1.82) is 0 Å². The number of benzene rings is 3. The summed E-state index contributed by atoms with van der Waals surface area (Å²) in [5, 5.41) is 6.46. The van der Waals surface area contributed by atoms with E-state index >= 15 is 0 Å². The highest BCUT2D eigenvalue weighted by molar-refractivity contribution is 6.40. The van der Waals surface area contributed by atoms with Crippen LogP contribution in [0.15, 0.2) is 65.5 Å². The number of carbonyl (C=O) groups excluding carboxylic acids is 2. The van der Waals surface area contributed by atoms with Gasteiger partial charge < -0.3 is 10.1 Å². The van der Waals surface area contributed by atoms with Gasteiger partial charge in [0.2, 0.25) is 11.8 Å². The van der Waals surface area contributed by atoms with E-state index in [0.717, 1.165) is 23.3 Å². The fourth-order valence-corrected chi connectivity index (χ4v) is 6.22. The molecular weight excluding hydrogens is 671 g/mol. The standard InChI is InChI=1S/C37H43Cl3N4O4/c1-8-36(4,5)24-12-17-31(28(19-24)37(6,7)9-2)48-18-10-11-33(46)41-26-13-15-27(16-14-26)43(23(3)45)32-22-34(47)44(42-32)35-29(39)20-25(38)21-30(35)40/h12-17,19-22,42H,8-11,18H2,1-7H3,(H,41,46). The lowest BCUT2D eigenvalue weighted by atomic mass is 9.76. The third-order valence-corrected chi connectivity index (χ3v) is 9.74. The van der Waals surface area contributed by atoms with E-state index in [2.05, 4.69) is 70.2 Å². The van der Waals surface area contributed by atoms with Crippen molar-refractivity contribution in [2.75, 3.05) is 16.8 Å². The average molecular weight is 714 g/mol. The van der Waals surface area contributed by atoms with Crippen LogP contribution in [0.25, 0.3) is 5.69 Å². The normalized spacial score (nSPS) is 11.8. The molecule has 0 aliphatic rings. The third kappa shape index (κ3) is 8.46. The number of H-pyrrole nitrogens is 1. The Hall–Kier alpha value is -3.72. The monoisotopic (exact) mass is 712 g/mol. The fourth-order valence-electron chi connectivity index (χ4n) is 5.24. The molecule has 2 N–H and O–H groups in total. The second kappa shape index (κ2) is 15.2. The largest absolute Gasteiger partial charge is 0.493 e. The molecule has 48 heavy (non-hydrogen) atoms. The van der Waals surface area contributed by atoms with E-state index in [1.807, 2.05) is 0 Å². The van der Waals surface area contributed by atoms with Gasteiger partial charge in [-0.2, -0.15) is 0 Å². The summed E-state index contributed by atoms with van der Waals surface area (Å²) in [6, 6.07) is 17.5. The first-order chi connectivity index (χ1) is 22.6. The molecule has 0 aliphatic heterocycles. The van der Waals surface area contributed by atoms with Crippen LogP contribution in [-0.4, -0.2) is 28.2 Å². The van der Waals surface area contributed by atoms with E-state index in [1.54, 1.807) is 24.3 Å². The maximum Gasteiger partial charge on any atom is 0.273 e. The molecule has 4 aromatic rings. The first-order valence-electron chi connectivity index (χ1n) is 16.0. The van der Waals surface area contributed by atoms with Crippen LogP contribution in [0.5, 0.6) is 5.75 Å². The number of nitrogens with zero attached hydrogens (tertiary/aromatic N) is 2. The summed E-state index contributed by atoms with van der Waals surface area (Å²) in [4.78, 5) is 39.7. The molecule has 11 heteroatoms. The summed E-state index contributed by atoms with van der Waals surface area (Å²) >= 11 is 18.7. The number of nitrogens with one attached hydrogen (secondary N) is 2. The predicted octanol–water partition coefficient (Wildman–Crippen LogP) is 9.98. The Morgan fingerprint density at radius 1 is 0.896 bits per heavy atom. The molecule has 2 amide bonds. The number of anilines is 3. The van der Waals surface area contributed by atoms with Gasteiger partial charge in [-0.3, -0.25) is 24.4 Å². The molecule has 0 bridgehead atoms. The number of aromatic amines is 1. The van der Waals surface area contributed by atoms with Crippen molar-refractivity contribution in [3.63, 3.8) is 0 Å². The van der Waals surface area contributed by atoms with Crippen molar-refractivity contribution in [3.05, 3.63) is 97.2 Å². The van der Waals surface area contributed by atoms with Gasteiger partial charge in [-0.1, -0.05) is 88.5 Å². The molecule has 0 aliphatic carbocycles. The van der Waals surface area contributed by atoms with Crippen molar-refractivity contribution < 1.29 is 14.3 Å². The van der Waals surface area contributed by atoms with Gasteiger partial charge in [-0.15, -0.1) is 0 Å². The Kier molecular flexibility index (Phi) is 11.8. The smallest absolute Gasteiger partial charge is 0.273 e. The second-order valence-corrected chi connectivity index (χ2v) is 14.4. The van der Waals surface area contributed by atoms with E-state index < -0.39 is 5.56 Å². The molecular formula is C37H43Cl3N4O4. The van der Waals surface area contributed by atoms with Crippen LogP contribution >= 0.6 is 34.8 Å². The highest BCUT2D eigenvalue weighted by Crippen LogP contribution is 2.39. The molecule has 0 unspecified atom stereocenters. The number of hydrogen-bond acceptors (Lipinski definition) is 4. The Balaban J connectivity index is 1.40. The molecule has 8 nitrogen and oxygen atoms in total. The molecule has 0 saturated carbocycles. The molecule has 0 fully saturated rings. The number of ether oxygens (including phenoxy) is 1. The van der Waals surface area contributed by atoms with Crippen molar-refractivity contribution in [3.8, 4) is 11.4 Å². The van der Waals surface area contributed by atoms with E-state index in [4.69, 9.17) is 39.5 Å². The van der Waals surface area contributed by atoms with Gasteiger partial charge in [0.15, 0.2) is 0 Å². The number of carbonyl (C=O) groups is 2. The zero-order chi connectivity index (χ0) is 35.4. The van der Waals surface area contributed by atoms with E-state index in [0.29, 0.717) is 29.4 Å². The van der Waals surface area contributed by atoms with Gasteiger partial charge in [0.25, 0.3) is 5.56 Å². The molecule has 1 aromatic heterocycles. The van der Waals surface area contributed by atoms with Crippen molar-refractivity contribution in [2.45, 2.75) is 85.0 Å². The lowest BCUT2D eigenvalue weighted by molar-refractivity contribution is -0.117. The quantitative estimate of drug-likeness (QED) is 0.135. The number of halogens is 3. The number of amides is 2. The lowest BCUT2D eigenvalue weighted by Crippen LogP contribution is -2.23. The summed E-state index contributed by atoms with van der Waals surface area (Å²) in [6.07, 6.45) is 2.84. The fraction of sp³-hybridized carbons (Fsp3) is 0.378. The SMILES string of the molecule is CCC(C)(C)c1ccc(OCCCC(=O)Nc2ccc(N(C(C)=O)c3cc(=O)n(-c4c(Cl)cc(Cl)cc4Cl)[nH]3)cc2)c(C(C)(C)CC)c1. The molecule has 256 valence electrons. The van der Waals surface area contributed by atoms with E-state index in [-0.39, 0.29) is 50.6 Å². The minimum absolute atomic E-state index is 0.0475. The van der Waals surface area contributed by atoms with Crippen LogP contribution in [0.1, 0.15) is 85.3 Å². The average Bonchev–Trinajstić information content (AvgIpc) is 3.39. The zero-order valence-corrected chi connectivity index (χ0v) is 30.7. The van der Waals surface area contributed by atoms with Crippen molar-refractivity contribution >= 4 is 63.8 Å². The van der Waals surface area contributed by atoms with Crippen LogP contribution < -0.4 is 20.5 Å². The van der Waals surface area contributed by atoms with Gasteiger partial charge in [0.1, 0.15) is 17.3 Å². The van der Waals surface area contributed by atoms with E-state index in [9.17, 15) is 14.4 Å². The Morgan fingerprint density at radius 3 is 2.10 bits per heavy atom. The topological polar surface area (TPSA) is 96.4 Å². The summed E-state index contributed by atoms with van der Waals surface area (Å²) in [5.74, 6) is 0.574.